The molecule has 2 heterocycles. The van der Waals surface area contributed by atoms with Gasteiger partial charge in [0.2, 0.25) is 0 Å². The average Bonchev–Trinajstić information content (AvgIpc) is 2.80. The first-order valence-electron chi connectivity index (χ1n) is 6.29. The van der Waals surface area contributed by atoms with Gasteiger partial charge in [-0.2, -0.15) is 0 Å². The molecule has 2 saturated heterocycles. The van der Waals surface area contributed by atoms with Gasteiger partial charge >= 0.3 is 0 Å². The van der Waals surface area contributed by atoms with E-state index in [1.54, 1.807) is 0 Å². The van der Waals surface area contributed by atoms with Gasteiger partial charge in [-0.25, -0.2) is 0 Å². The van der Waals surface area contributed by atoms with Crippen molar-refractivity contribution < 1.29 is 4.79 Å². The molecule has 0 saturated carbocycles. The van der Waals surface area contributed by atoms with Crippen LogP contribution in [-0.2, 0) is 4.79 Å². The molecule has 0 aliphatic carbocycles. The van der Waals surface area contributed by atoms with Crippen molar-refractivity contribution in [2.24, 2.45) is 5.92 Å². The first-order chi connectivity index (χ1) is 7.38. The maximum Gasteiger partial charge on any atom is 0.123 e. The fourth-order valence-electron chi connectivity index (χ4n) is 2.65. The molecule has 2 fully saturated rings. The molecular weight excluding hydrogens is 188 g/mol. The number of piperidine rings is 1. The second-order valence-corrected chi connectivity index (χ2v) is 4.90. The van der Waals surface area contributed by atoms with E-state index in [1.807, 2.05) is 0 Å². The predicted octanol–water partition coefficient (Wildman–Crippen LogP) is 1.04. The summed E-state index contributed by atoms with van der Waals surface area (Å²) >= 11 is 0. The van der Waals surface area contributed by atoms with E-state index in [-0.39, 0.29) is 0 Å². The van der Waals surface area contributed by atoms with Crippen molar-refractivity contribution in [3.05, 3.63) is 0 Å². The van der Waals surface area contributed by atoms with Gasteiger partial charge in [-0.1, -0.05) is 0 Å². The largest absolute Gasteiger partial charge is 0.314 e. The van der Waals surface area contributed by atoms with Gasteiger partial charge in [0.25, 0.3) is 0 Å². The van der Waals surface area contributed by atoms with E-state index < -0.39 is 0 Å². The highest BCUT2D eigenvalue weighted by Gasteiger charge is 2.20. The Labute approximate surface area is 92.2 Å². The summed E-state index contributed by atoms with van der Waals surface area (Å²) in [6.45, 7) is 4.66. The van der Waals surface area contributed by atoms with Crippen LogP contribution < -0.4 is 5.32 Å². The number of nitrogens with one attached hydrogen (secondary N) is 1. The fraction of sp³-hybridized carbons (Fsp3) is 0.917. The summed E-state index contributed by atoms with van der Waals surface area (Å²) < 4.78 is 0. The van der Waals surface area contributed by atoms with E-state index in [0.717, 1.165) is 38.3 Å². The second kappa shape index (κ2) is 5.61. The normalized spacial score (nSPS) is 29.5. The Morgan fingerprint density at radius 2 is 2.07 bits per heavy atom. The van der Waals surface area contributed by atoms with Crippen molar-refractivity contribution in [1.29, 1.82) is 0 Å². The number of carbonyl (C=O) groups is 1. The van der Waals surface area contributed by atoms with Crippen LogP contribution in [0.1, 0.15) is 32.1 Å². The highest BCUT2D eigenvalue weighted by Crippen LogP contribution is 2.16. The Morgan fingerprint density at radius 1 is 1.27 bits per heavy atom. The van der Waals surface area contributed by atoms with Gasteiger partial charge in [-0.3, -0.25) is 0 Å². The SMILES string of the molecule is O=CC1CCN(CCC2CCCN2)CC1. The average molecular weight is 210 g/mol. The lowest BCUT2D eigenvalue weighted by molar-refractivity contribution is -0.112. The summed E-state index contributed by atoms with van der Waals surface area (Å²) in [7, 11) is 0. The predicted molar refractivity (Wildman–Crippen MR) is 60.9 cm³/mol. The first kappa shape index (κ1) is 11.1. The van der Waals surface area contributed by atoms with Crippen LogP contribution in [0.4, 0.5) is 0 Å². The quantitative estimate of drug-likeness (QED) is 0.704. The zero-order valence-corrected chi connectivity index (χ0v) is 9.45. The molecule has 2 rings (SSSR count). The molecule has 0 amide bonds. The van der Waals surface area contributed by atoms with E-state index in [4.69, 9.17) is 0 Å². The summed E-state index contributed by atoms with van der Waals surface area (Å²) in [5.41, 5.74) is 0. The van der Waals surface area contributed by atoms with Crippen molar-refractivity contribution in [3.63, 3.8) is 0 Å². The van der Waals surface area contributed by atoms with Gasteiger partial charge in [0.1, 0.15) is 6.29 Å². The number of aldehydes is 1. The first-order valence-corrected chi connectivity index (χ1v) is 6.29. The van der Waals surface area contributed by atoms with E-state index >= 15 is 0 Å². The lowest BCUT2D eigenvalue weighted by Crippen LogP contribution is -2.37. The summed E-state index contributed by atoms with van der Waals surface area (Å²) in [6.07, 6.45) is 7.26. The highest BCUT2D eigenvalue weighted by molar-refractivity contribution is 5.53. The van der Waals surface area contributed by atoms with Crippen molar-refractivity contribution in [3.8, 4) is 0 Å². The summed E-state index contributed by atoms with van der Waals surface area (Å²) in [4.78, 5) is 13.1. The van der Waals surface area contributed by atoms with Gasteiger partial charge in [0.15, 0.2) is 0 Å². The summed E-state index contributed by atoms with van der Waals surface area (Å²) in [5, 5.41) is 3.53. The van der Waals surface area contributed by atoms with Gasteiger partial charge in [0.05, 0.1) is 0 Å². The maximum absolute atomic E-state index is 10.6. The Balaban J connectivity index is 1.61. The molecule has 1 N–H and O–H groups in total. The van der Waals surface area contributed by atoms with Crippen molar-refractivity contribution >= 4 is 6.29 Å². The van der Waals surface area contributed by atoms with Crippen LogP contribution in [0.3, 0.4) is 0 Å². The Morgan fingerprint density at radius 3 is 2.67 bits per heavy atom. The highest BCUT2D eigenvalue weighted by atomic mass is 16.1. The Bertz CT molecular complexity index is 194. The number of hydrogen-bond acceptors (Lipinski definition) is 3. The number of nitrogens with zero attached hydrogens (tertiary/aromatic N) is 1. The number of likely N-dealkylation sites (tertiary alicyclic amines) is 1. The molecule has 0 aromatic carbocycles. The zero-order valence-electron chi connectivity index (χ0n) is 9.45. The zero-order chi connectivity index (χ0) is 10.5. The molecule has 2 aliphatic heterocycles. The Hall–Kier alpha value is -0.410. The van der Waals surface area contributed by atoms with Gasteiger partial charge < -0.3 is 15.0 Å². The van der Waals surface area contributed by atoms with Gasteiger partial charge in [-0.05, 0) is 58.3 Å². The number of hydrogen-bond donors (Lipinski definition) is 1. The third-order valence-electron chi connectivity index (χ3n) is 3.78. The molecule has 3 nitrogen and oxygen atoms in total. The third-order valence-corrected chi connectivity index (χ3v) is 3.78. The minimum absolute atomic E-state index is 0.339. The van der Waals surface area contributed by atoms with E-state index in [0.29, 0.717) is 5.92 Å². The molecule has 1 atom stereocenters. The molecule has 0 bridgehead atoms. The van der Waals surface area contributed by atoms with Gasteiger partial charge in [-0.15, -0.1) is 0 Å². The van der Waals surface area contributed by atoms with E-state index in [9.17, 15) is 4.79 Å². The lowest BCUT2D eigenvalue weighted by Gasteiger charge is -2.30. The molecule has 2 aliphatic rings. The monoisotopic (exact) mass is 210 g/mol. The standard InChI is InChI=1S/C12H22N2O/c15-10-11-3-7-14(8-4-11)9-5-12-2-1-6-13-12/h10-13H,1-9H2. The van der Waals surface area contributed by atoms with Crippen LogP contribution in [-0.4, -0.2) is 43.4 Å². The van der Waals surface area contributed by atoms with Crippen LogP contribution in [0.2, 0.25) is 0 Å². The van der Waals surface area contributed by atoms with Gasteiger partial charge in [0, 0.05) is 12.0 Å². The third kappa shape index (κ3) is 3.28. The van der Waals surface area contributed by atoms with Crippen LogP contribution in [0.15, 0.2) is 0 Å². The smallest absolute Gasteiger partial charge is 0.123 e. The van der Waals surface area contributed by atoms with E-state index in [2.05, 4.69) is 10.2 Å². The van der Waals surface area contributed by atoms with E-state index in [1.165, 1.54) is 32.4 Å². The molecule has 0 spiro atoms. The molecule has 3 heteroatoms. The molecular formula is C12H22N2O. The van der Waals surface area contributed by atoms with Crippen LogP contribution in [0, 0.1) is 5.92 Å². The summed E-state index contributed by atoms with van der Waals surface area (Å²) in [5.74, 6) is 0.339. The van der Waals surface area contributed by atoms with Crippen molar-refractivity contribution in [2.45, 2.75) is 38.1 Å². The van der Waals surface area contributed by atoms with Crippen LogP contribution >= 0.6 is 0 Å². The molecule has 86 valence electrons. The van der Waals surface area contributed by atoms with Crippen LogP contribution in [0.5, 0.6) is 0 Å². The molecule has 1 unspecified atom stereocenters. The Kier molecular flexibility index (Phi) is 4.15. The number of rotatable bonds is 4. The molecule has 0 radical (unpaired) electrons. The minimum Gasteiger partial charge on any atom is -0.314 e. The topological polar surface area (TPSA) is 32.3 Å². The second-order valence-electron chi connectivity index (χ2n) is 4.90. The van der Waals surface area contributed by atoms with Crippen molar-refractivity contribution in [1.82, 2.24) is 10.2 Å². The van der Waals surface area contributed by atoms with Crippen molar-refractivity contribution in [2.75, 3.05) is 26.2 Å². The molecule has 0 aromatic rings. The minimum atomic E-state index is 0.339. The molecule has 15 heavy (non-hydrogen) atoms. The number of carbonyl (C=O) groups excluding carboxylic acids is 1. The summed E-state index contributed by atoms with van der Waals surface area (Å²) in [6, 6.07) is 0.758. The van der Waals surface area contributed by atoms with Crippen LogP contribution in [0.25, 0.3) is 0 Å². The molecule has 0 aromatic heterocycles. The maximum atomic E-state index is 10.6. The lowest BCUT2D eigenvalue weighted by atomic mass is 9.98. The fourth-order valence-corrected chi connectivity index (χ4v) is 2.65.